The van der Waals surface area contributed by atoms with Gasteiger partial charge in [-0.15, -0.1) is 0 Å². The molecule has 17 nitrogen and oxygen atoms in total. The van der Waals surface area contributed by atoms with Crippen molar-refractivity contribution in [3.63, 3.8) is 0 Å². The zero-order chi connectivity index (χ0) is 44.4. The van der Waals surface area contributed by atoms with Gasteiger partial charge in [-0.05, 0) is 113 Å². The van der Waals surface area contributed by atoms with E-state index in [0.29, 0.717) is 50.9 Å². The van der Waals surface area contributed by atoms with Gasteiger partial charge in [0.15, 0.2) is 0 Å². The Hall–Kier alpha value is -4.52. The molecule has 4 aromatic rings. The van der Waals surface area contributed by atoms with Crippen LogP contribution in [-0.2, 0) is 71.2 Å². The summed E-state index contributed by atoms with van der Waals surface area (Å²) in [5.41, 5.74) is 6.16. The molecule has 0 aliphatic carbocycles. The maximum atomic E-state index is 12.5. The number of aryl methyl sites for hydroxylation is 2. The van der Waals surface area contributed by atoms with E-state index in [0.717, 1.165) is 68.3 Å². The zero-order valence-electron chi connectivity index (χ0n) is 32.9. The van der Waals surface area contributed by atoms with Crippen LogP contribution >= 0.6 is 0 Å². The lowest BCUT2D eigenvalue weighted by Crippen LogP contribution is -2.60. The lowest BCUT2D eigenvalue weighted by atomic mass is 9.91. The van der Waals surface area contributed by atoms with Crippen LogP contribution in [0.5, 0.6) is 0 Å². The second-order valence-corrected chi connectivity index (χ2v) is 25.8. The summed E-state index contributed by atoms with van der Waals surface area (Å²) >= 11 is 0. The van der Waals surface area contributed by atoms with Gasteiger partial charge in [0.1, 0.15) is 17.9 Å². The molecular weight excluding hydrogens is 891 g/mol. The monoisotopic (exact) mass is 933 g/mol. The molecule has 0 saturated carbocycles. The number of anilines is 2. The van der Waals surface area contributed by atoms with E-state index < -0.39 is 74.1 Å². The Kier molecular flexibility index (Phi) is 11.7. The van der Waals surface area contributed by atoms with Gasteiger partial charge in [-0.3, -0.25) is 28.0 Å². The highest BCUT2D eigenvalue weighted by atomic mass is 32.2. The molecule has 326 valence electrons. The maximum absolute atomic E-state index is 12.5. The average Bonchev–Trinajstić information content (AvgIpc) is 3.15. The summed E-state index contributed by atoms with van der Waals surface area (Å²) in [4.78, 5) is 17.7. The van der Waals surface area contributed by atoms with Crippen molar-refractivity contribution in [3.05, 3.63) is 94.0 Å². The van der Waals surface area contributed by atoms with Crippen molar-refractivity contribution in [1.82, 2.24) is 0 Å². The van der Waals surface area contributed by atoms with Crippen molar-refractivity contribution in [2.24, 2.45) is 4.99 Å². The zero-order valence-corrected chi connectivity index (χ0v) is 37.2. The molecule has 3 aliphatic heterocycles. The number of carboxylic acid groups (broad SMARTS) is 1. The summed E-state index contributed by atoms with van der Waals surface area (Å²) in [5, 5.41) is 11.3. The molecular formula is C39H43N3O14S4Si. The molecule has 5 N–H and O–H groups in total. The van der Waals surface area contributed by atoms with Crippen LogP contribution in [0.25, 0.3) is 0 Å². The predicted molar refractivity (Wildman–Crippen MR) is 228 cm³/mol. The summed E-state index contributed by atoms with van der Waals surface area (Å²) in [6.07, 6.45) is 2.91. The van der Waals surface area contributed by atoms with Gasteiger partial charge in [-0.2, -0.15) is 33.7 Å². The smallest absolute Gasteiger partial charge is 0.303 e. The fraction of sp³-hybridized carbons (Fsp3) is 0.333. The van der Waals surface area contributed by atoms with Crippen LogP contribution in [0.3, 0.4) is 0 Å². The van der Waals surface area contributed by atoms with Gasteiger partial charge >= 0.3 is 5.97 Å². The second kappa shape index (κ2) is 16.0. The lowest BCUT2D eigenvalue weighted by Gasteiger charge is -2.40. The Labute approximate surface area is 354 Å². The third kappa shape index (κ3) is 9.04. The summed E-state index contributed by atoms with van der Waals surface area (Å²) in [5.74, 6) is -0.948. The normalized spacial score (nSPS) is 16.3. The number of hydrogen-bond donors (Lipinski definition) is 5. The van der Waals surface area contributed by atoms with Crippen molar-refractivity contribution in [1.29, 1.82) is 0 Å². The minimum absolute atomic E-state index is 0.0272. The predicted octanol–water partition coefficient (Wildman–Crippen LogP) is 3.42. The summed E-state index contributed by atoms with van der Waals surface area (Å²) in [6, 6.07) is 14.4. The Bertz CT molecular complexity index is 2800. The van der Waals surface area contributed by atoms with E-state index in [9.17, 15) is 61.8 Å². The first-order valence-corrected chi connectivity index (χ1v) is 27.9. The fourth-order valence-electron chi connectivity index (χ4n) is 8.60. The van der Waals surface area contributed by atoms with Crippen LogP contribution in [0, 0.1) is 0 Å². The Morgan fingerprint density at radius 3 is 1.44 bits per heavy atom. The highest BCUT2D eigenvalue weighted by molar-refractivity contribution is 7.87. The summed E-state index contributed by atoms with van der Waals surface area (Å²) < 4.78 is 137. The van der Waals surface area contributed by atoms with Gasteiger partial charge in [0.05, 0.1) is 15.5 Å². The van der Waals surface area contributed by atoms with E-state index in [2.05, 4.69) is 37.4 Å². The van der Waals surface area contributed by atoms with Gasteiger partial charge in [0, 0.05) is 61.6 Å². The number of fused-ring (bicyclic) bond motifs is 4. The third-order valence-corrected chi connectivity index (χ3v) is 18.6. The van der Waals surface area contributed by atoms with E-state index in [1.807, 2.05) is 9.80 Å². The minimum Gasteiger partial charge on any atom is -0.481 e. The van der Waals surface area contributed by atoms with Gasteiger partial charge < -0.3 is 14.9 Å². The van der Waals surface area contributed by atoms with Crippen molar-refractivity contribution in [2.75, 3.05) is 29.4 Å². The van der Waals surface area contributed by atoms with E-state index in [1.165, 1.54) is 12.1 Å². The van der Waals surface area contributed by atoms with Crippen molar-refractivity contribution < 1.29 is 61.8 Å². The first-order valence-electron chi connectivity index (χ1n) is 19.1. The molecule has 0 aromatic heterocycles. The number of aliphatic imine (C=N–C) groups is 1. The standard InChI is InChI=1S/C39H43N3O14S4Si/c1-61(2)36-20-32-24(6-4-14-41(32)22-26-9-11-28(57(45,46)47)18-34(26)59(51,52)53)16-30(36)39(40-13-3-8-38(43)44)31-17-25-7-5-15-42(33(25)21-37(31)61)23-27-10-12-29(58(48,49)50)19-35(27)60(54,55)56/h9-12,16-21H,3-8,13-15,22-23H2,1-2H3,(H,43,44)(H,45,46,47)(H,48,49,50)(H,51,52,53)(H,54,55,56). The molecule has 0 atom stereocenters. The molecule has 0 fully saturated rings. The van der Waals surface area contributed by atoms with Gasteiger partial charge in [0.2, 0.25) is 0 Å². The molecule has 0 amide bonds. The number of rotatable bonds is 12. The maximum Gasteiger partial charge on any atom is 0.303 e. The fourth-order valence-corrected chi connectivity index (χ4v) is 14.3. The van der Waals surface area contributed by atoms with Crippen LogP contribution in [0.1, 0.15) is 59.1 Å². The SMILES string of the molecule is C[Si]1(C)c2cc3c(cc2C(=NCCCC(=O)O)c2cc4c(cc21)N(Cc1ccc(S(=O)(=O)O)cc1S(=O)(=O)O)CCC4)CCCN3Cc1ccc(S(=O)(=O)O)cc1S(=O)(=O)O. The molecule has 0 radical (unpaired) electrons. The number of hydrogen-bond acceptors (Lipinski definition) is 12. The quantitative estimate of drug-likeness (QED) is 0.0774. The Balaban J connectivity index is 1.34. The highest BCUT2D eigenvalue weighted by Gasteiger charge is 2.41. The Morgan fingerprint density at radius 2 is 1.07 bits per heavy atom. The van der Waals surface area contributed by atoms with Crippen LogP contribution in [0.4, 0.5) is 11.4 Å². The van der Waals surface area contributed by atoms with E-state index in [1.54, 1.807) is 0 Å². The van der Waals surface area contributed by atoms with E-state index >= 15 is 0 Å². The number of carboxylic acids is 1. The minimum atomic E-state index is -4.91. The first kappa shape index (κ1) is 44.5. The molecule has 0 bridgehead atoms. The molecule has 3 aliphatic rings. The van der Waals surface area contributed by atoms with Crippen LogP contribution in [0.15, 0.2) is 85.2 Å². The lowest BCUT2D eigenvalue weighted by molar-refractivity contribution is -0.137. The van der Waals surface area contributed by atoms with E-state index in [4.69, 9.17) is 4.99 Å². The second-order valence-electron chi connectivity index (χ2n) is 15.9. The summed E-state index contributed by atoms with van der Waals surface area (Å²) in [7, 11) is -22.1. The molecule has 0 unspecified atom stereocenters. The van der Waals surface area contributed by atoms with Crippen molar-refractivity contribution >= 4 is 82.0 Å². The molecule has 4 aromatic carbocycles. The molecule has 22 heteroatoms. The topological polar surface area (TPSA) is 274 Å². The largest absolute Gasteiger partial charge is 0.481 e. The van der Waals surface area contributed by atoms with Crippen LogP contribution < -0.4 is 20.2 Å². The summed E-state index contributed by atoms with van der Waals surface area (Å²) in [6.45, 7) is 5.49. The van der Waals surface area contributed by atoms with Gasteiger partial charge in [-0.1, -0.05) is 25.2 Å². The molecule has 3 heterocycles. The van der Waals surface area contributed by atoms with E-state index in [-0.39, 0.29) is 37.2 Å². The first-order chi connectivity index (χ1) is 28.3. The van der Waals surface area contributed by atoms with Gasteiger partial charge in [0.25, 0.3) is 40.5 Å². The van der Waals surface area contributed by atoms with Gasteiger partial charge in [-0.25, -0.2) is 0 Å². The van der Waals surface area contributed by atoms with Crippen LogP contribution in [0.2, 0.25) is 13.1 Å². The molecule has 61 heavy (non-hydrogen) atoms. The average molecular weight is 934 g/mol. The number of nitrogens with zero attached hydrogens (tertiary/aromatic N) is 3. The van der Waals surface area contributed by atoms with Crippen LogP contribution in [-0.4, -0.2) is 96.4 Å². The van der Waals surface area contributed by atoms with Crippen molar-refractivity contribution in [3.8, 4) is 0 Å². The highest BCUT2D eigenvalue weighted by Crippen LogP contribution is 2.37. The number of aliphatic carboxylic acids is 1. The molecule has 7 rings (SSSR count). The number of benzene rings is 4. The number of carbonyl (C=O) groups is 1. The molecule has 0 saturated heterocycles. The van der Waals surface area contributed by atoms with Crippen molar-refractivity contribution in [2.45, 2.75) is 84.3 Å². The third-order valence-electron chi connectivity index (χ3n) is 11.5. The molecule has 0 spiro atoms. The Morgan fingerprint density at radius 1 is 0.639 bits per heavy atom.